The predicted octanol–water partition coefficient (Wildman–Crippen LogP) is 4.24. The molecule has 6 heteroatoms. The highest BCUT2D eigenvalue weighted by atomic mass is 32.2. The van der Waals surface area contributed by atoms with E-state index >= 15 is 0 Å². The highest BCUT2D eigenvalue weighted by Crippen LogP contribution is 2.23. The third kappa shape index (κ3) is 5.25. The van der Waals surface area contributed by atoms with E-state index in [0.717, 1.165) is 23.4 Å². The summed E-state index contributed by atoms with van der Waals surface area (Å²) in [5, 5.41) is 2.43. The van der Waals surface area contributed by atoms with Gasteiger partial charge in [0.25, 0.3) is 0 Å². The van der Waals surface area contributed by atoms with E-state index in [1.54, 1.807) is 0 Å². The SMILES string of the molecule is CCOc1ccccc1CSCC(=O)Nc1ccc(F)cc1F. The van der Waals surface area contributed by atoms with Crippen molar-refractivity contribution in [3.63, 3.8) is 0 Å². The Kier molecular flexibility index (Phi) is 6.40. The summed E-state index contributed by atoms with van der Waals surface area (Å²) in [7, 11) is 0. The van der Waals surface area contributed by atoms with E-state index in [-0.39, 0.29) is 17.3 Å². The van der Waals surface area contributed by atoms with E-state index in [0.29, 0.717) is 12.4 Å². The molecule has 0 bridgehead atoms. The summed E-state index contributed by atoms with van der Waals surface area (Å²) >= 11 is 1.39. The van der Waals surface area contributed by atoms with E-state index in [1.165, 1.54) is 17.8 Å². The second-order valence-electron chi connectivity index (χ2n) is 4.71. The average molecular weight is 337 g/mol. The summed E-state index contributed by atoms with van der Waals surface area (Å²) in [6.07, 6.45) is 0. The third-order valence-corrected chi connectivity index (χ3v) is 3.95. The van der Waals surface area contributed by atoms with Gasteiger partial charge in [-0.3, -0.25) is 4.79 Å². The van der Waals surface area contributed by atoms with Gasteiger partial charge in [-0.05, 0) is 25.1 Å². The van der Waals surface area contributed by atoms with Crippen LogP contribution in [-0.4, -0.2) is 18.3 Å². The maximum absolute atomic E-state index is 13.5. The van der Waals surface area contributed by atoms with Crippen LogP contribution in [0.2, 0.25) is 0 Å². The molecule has 0 saturated carbocycles. The Labute approximate surface area is 138 Å². The second kappa shape index (κ2) is 8.53. The van der Waals surface area contributed by atoms with Gasteiger partial charge in [-0.2, -0.15) is 0 Å². The van der Waals surface area contributed by atoms with Gasteiger partial charge >= 0.3 is 0 Å². The molecule has 2 rings (SSSR count). The normalized spacial score (nSPS) is 10.4. The van der Waals surface area contributed by atoms with Crippen LogP contribution in [0.5, 0.6) is 5.75 Å². The van der Waals surface area contributed by atoms with Crippen molar-refractivity contribution in [2.24, 2.45) is 0 Å². The Bertz CT molecular complexity index is 679. The molecule has 122 valence electrons. The van der Waals surface area contributed by atoms with Crippen LogP contribution >= 0.6 is 11.8 Å². The maximum atomic E-state index is 13.5. The molecule has 0 aromatic heterocycles. The average Bonchev–Trinajstić information content (AvgIpc) is 2.52. The van der Waals surface area contributed by atoms with Gasteiger partial charge in [0.05, 0.1) is 18.0 Å². The van der Waals surface area contributed by atoms with Gasteiger partial charge in [-0.1, -0.05) is 18.2 Å². The standard InChI is InChI=1S/C17H17F2NO2S/c1-2-22-16-6-4-3-5-12(16)10-23-11-17(21)20-15-8-7-13(18)9-14(15)19/h3-9H,2,10-11H2,1H3,(H,20,21). The van der Waals surface area contributed by atoms with Crippen LogP contribution in [0.4, 0.5) is 14.5 Å². The maximum Gasteiger partial charge on any atom is 0.234 e. The summed E-state index contributed by atoms with van der Waals surface area (Å²) in [5.41, 5.74) is 0.979. The van der Waals surface area contributed by atoms with Crippen LogP contribution < -0.4 is 10.1 Å². The van der Waals surface area contributed by atoms with Crippen LogP contribution in [0.15, 0.2) is 42.5 Å². The molecule has 0 saturated heterocycles. The van der Waals surface area contributed by atoms with Crippen LogP contribution in [0.25, 0.3) is 0 Å². The summed E-state index contributed by atoms with van der Waals surface area (Å²) in [5.74, 6) is -0.235. The van der Waals surface area contributed by atoms with E-state index in [2.05, 4.69) is 5.32 Å². The fourth-order valence-corrected chi connectivity index (χ4v) is 2.77. The van der Waals surface area contributed by atoms with Gasteiger partial charge in [-0.25, -0.2) is 8.78 Å². The highest BCUT2D eigenvalue weighted by molar-refractivity contribution is 7.99. The number of hydrogen-bond donors (Lipinski definition) is 1. The number of hydrogen-bond acceptors (Lipinski definition) is 3. The third-order valence-electron chi connectivity index (χ3n) is 2.97. The van der Waals surface area contributed by atoms with Crippen LogP contribution in [0.3, 0.4) is 0 Å². The lowest BCUT2D eigenvalue weighted by molar-refractivity contribution is -0.113. The fourth-order valence-electron chi connectivity index (χ4n) is 1.95. The highest BCUT2D eigenvalue weighted by Gasteiger charge is 2.09. The zero-order valence-electron chi connectivity index (χ0n) is 12.6. The second-order valence-corrected chi connectivity index (χ2v) is 5.69. The lowest BCUT2D eigenvalue weighted by atomic mass is 10.2. The van der Waals surface area contributed by atoms with Gasteiger partial charge in [0, 0.05) is 17.4 Å². The molecule has 0 radical (unpaired) electrons. The first-order valence-electron chi connectivity index (χ1n) is 7.13. The Morgan fingerprint density at radius 2 is 2.00 bits per heavy atom. The minimum Gasteiger partial charge on any atom is -0.494 e. The van der Waals surface area contributed by atoms with Crippen molar-refractivity contribution < 1.29 is 18.3 Å². The molecule has 0 unspecified atom stereocenters. The van der Waals surface area contributed by atoms with Crippen LogP contribution in [0.1, 0.15) is 12.5 Å². The summed E-state index contributed by atoms with van der Waals surface area (Å²) in [6, 6.07) is 10.7. The van der Waals surface area contributed by atoms with Crippen molar-refractivity contribution in [1.29, 1.82) is 0 Å². The van der Waals surface area contributed by atoms with Crippen molar-refractivity contribution >= 4 is 23.4 Å². The minimum absolute atomic E-state index is 0.0216. The fraction of sp³-hybridized carbons (Fsp3) is 0.235. The molecule has 0 aliphatic carbocycles. The van der Waals surface area contributed by atoms with Gasteiger partial charge in [0.2, 0.25) is 5.91 Å². The number of carbonyl (C=O) groups is 1. The molecule has 0 spiro atoms. The summed E-state index contributed by atoms with van der Waals surface area (Å²) in [6.45, 7) is 2.49. The Morgan fingerprint density at radius 1 is 1.22 bits per heavy atom. The number of nitrogens with one attached hydrogen (secondary N) is 1. The zero-order valence-corrected chi connectivity index (χ0v) is 13.5. The number of ether oxygens (including phenoxy) is 1. The Balaban J connectivity index is 1.85. The number of rotatable bonds is 7. The van der Waals surface area contributed by atoms with Crippen molar-refractivity contribution in [3.8, 4) is 5.75 Å². The van der Waals surface area contributed by atoms with Crippen molar-refractivity contribution in [2.45, 2.75) is 12.7 Å². The monoisotopic (exact) mass is 337 g/mol. The molecule has 3 nitrogen and oxygen atoms in total. The molecule has 0 atom stereocenters. The molecular weight excluding hydrogens is 320 g/mol. The molecule has 23 heavy (non-hydrogen) atoms. The summed E-state index contributed by atoms with van der Waals surface area (Å²) in [4.78, 5) is 11.8. The minimum atomic E-state index is -0.787. The van der Waals surface area contributed by atoms with Crippen molar-refractivity contribution in [2.75, 3.05) is 17.7 Å². The molecule has 2 aromatic rings. The molecule has 0 aliphatic heterocycles. The quantitative estimate of drug-likeness (QED) is 0.821. The molecule has 0 fully saturated rings. The lowest BCUT2D eigenvalue weighted by Crippen LogP contribution is -2.15. The summed E-state index contributed by atoms with van der Waals surface area (Å²) < 4.78 is 31.8. The number of amides is 1. The number of para-hydroxylation sites is 1. The van der Waals surface area contributed by atoms with Gasteiger partial charge in [-0.15, -0.1) is 11.8 Å². The van der Waals surface area contributed by atoms with E-state index in [1.807, 2.05) is 31.2 Å². The number of carbonyl (C=O) groups excluding carboxylic acids is 1. The molecule has 1 amide bonds. The van der Waals surface area contributed by atoms with Gasteiger partial charge < -0.3 is 10.1 Å². The molecule has 2 aromatic carbocycles. The molecule has 1 N–H and O–H groups in total. The number of benzene rings is 2. The Morgan fingerprint density at radius 3 is 2.74 bits per heavy atom. The van der Waals surface area contributed by atoms with E-state index in [9.17, 15) is 13.6 Å². The van der Waals surface area contributed by atoms with E-state index in [4.69, 9.17) is 4.74 Å². The molecule has 0 heterocycles. The van der Waals surface area contributed by atoms with Gasteiger partial charge in [0.1, 0.15) is 17.4 Å². The van der Waals surface area contributed by atoms with Gasteiger partial charge in [0.15, 0.2) is 0 Å². The first-order chi connectivity index (χ1) is 11.1. The number of thioether (sulfide) groups is 1. The number of anilines is 1. The topological polar surface area (TPSA) is 38.3 Å². The zero-order chi connectivity index (χ0) is 16.7. The van der Waals surface area contributed by atoms with E-state index < -0.39 is 11.6 Å². The molecule has 0 aliphatic rings. The number of halogens is 2. The van der Waals surface area contributed by atoms with Crippen LogP contribution in [-0.2, 0) is 10.5 Å². The first-order valence-corrected chi connectivity index (χ1v) is 8.29. The van der Waals surface area contributed by atoms with Crippen LogP contribution in [0, 0.1) is 11.6 Å². The lowest BCUT2D eigenvalue weighted by Gasteiger charge is -2.10. The van der Waals surface area contributed by atoms with Crippen molar-refractivity contribution in [1.82, 2.24) is 0 Å². The molecular formula is C17H17F2NO2S. The van der Waals surface area contributed by atoms with Crippen molar-refractivity contribution in [3.05, 3.63) is 59.7 Å². The largest absolute Gasteiger partial charge is 0.494 e. The predicted molar refractivity (Wildman–Crippen MR) is 88.8 cm³/mol. The Hall–Kier alpha value is -2.08. The first kappa shape index (κ1) is 17.3. The smallest absolute Gasteiger partial charge is 0.234 e.